The molecule has 1 fully saturated rings. The van der Waals surface area contributed by atoms with E-state index in [0.717, 1.165) is 24.8 Å². The van der Waals surface area contributed by atoms with Crippen molar-refractivity contribution >= 4 is 5.97 Å². The van der Waals surface area contributed by atoms with Crippen LogP contribution in [-0.2, 0) is 9.53 Å². The second-order valence-electron chi connectivity index (χ2n) is 3.63. The number of cyclic esters (lactones) is 1. The standard InChI is InChI=1S/C12H14O2/c13-12-11(8-4-5-9-14-12)10-6-2-1-3-7-10/h1-3,6-7,11H,4-5,8-9H2/t11-/m0/s1. The van der Waals surface area contributed by atoms with Crippen molar-refractivity contribution in [3.8, 4) is 0 Å². The zero-order valence-corrected chi connectivity index (χ0v) is 8.11. The molecule has 0 spiro atoms. The highest BCUT2D eigenvalue weighted by molar-refractivity contribution is 5.78. The summed E-state index contributed by atoms with van der Waals surface area (Å²) < 4.78 is 5.13. The monoisotopic (exact) mass is 190 g/mol. The van der Waals surface area contributed by atoms with Gasteiger partial charge in [0.15, 0.2) is 0 Å². The Balaban J connectivity index is 2.19. The lowest BCUT2D eigenvalue weighted by molar-refractivity contribution is -0.144. The molecule has 1 aromatic rings. The molecule has 0 bridgehead atoms. The van der Waals surface area contributed by atoms with Crippen LogP contribution in [0.3, 0.4) is 0 Å². The molecule has 1 aromatic carbocycles. The average molecular weight is 190 g/mol. The highest BCUT2D eigenvalue weighted by Gasteiger charge is 2.23. The Kier molecular flexibility index (Phi) is 2.82. The van der Waals surface area contributed by atoms with Crippen molar-refractivity contribution in [1.29, 1.82) is 0 Å². The predicted octanol–water partition coefficient (Wildman–Crippen LogP) is 2.50. The van der Waals surface area contributed by atoms with Gasteiger partial charge < -0.3 is 4.74 Å². The first-order valence-electron chi connectivity index (χ1n) is 5.09. The van der Waals surface area contributed by atoms with Crippen LogP contribution in [0.15, 0.2) is 30.3 Å². The molecule has 0 saturated carbocycles. The van der Waals surface area contributed by atoms with E-state index in [2.05, 4.69) is 0 Å². The average Bonchev–Trinajstić information content (AvgIpc) is 2.44. The van der Waals surface area contributed by atoms with Crippen molar-refractivity contribution in [3.05, 3.63) is 35.9 Å². The number of hydrogen-bond donors (Lipinski definition) is 0. The van der Waals surface area contributed by atoms with Crippen LogP contribution in [-0.4, -0.2) is 12.6 Å². The van der Waals surface area contributed by atoms with Gasteiger partial charge in [-0.05, 0) is 24.8 Å². The number of ether oxygens (including phenoxy) is 1. The van der Waals surface area contributed by atoms with Crippen molar-refractivity contribution in [1.82, 2.24) is 0 Å². The quantitative estimate of drug-likeness (QED) is 0.636. The Bertz CT molecular complexity index is 305. The second kappa shape index (κ2) is 4.27. The normalized spacial score (nSPS) is 22.6. The molecule has 2 heteroatoms. The molecule has 2 rings (SSSR count). The lowest BCUT2D eigenvalue weighted by atomic mass is 9.94. The van der Waals surface area contributed by atoms with Crippen LogP contribution in [0.4, 0.5) is 0 Å². The lowest BCUT2D eigenvalue weighted by Gasteiger charge is -2.11. The molecule has 0 radical (unpaired) electrons. The molecule has 0 unspecified atom stereocenters. The van der Waals surface area contributed by atoms with E-state index in [0.29, 0.717) is 6.61 Å². The fourth-order valence-electron chi connectivity index (χ4n) is 1.83. The molecule has 0 aliphatic carbocycles. The lowest BCUT2D eigenvalue weighted by Crippen LogP contribution is -2.13. The number of benzene rings is 1. The largest absolute Gasteiger partial charge is 0.465 e. The summed E-state index contributed by atoms with van der Waals surface area (Å²) in [7, 11) is 0. The van der Waals surface area contributed by atoms with E-state index < -0.39 is 0 Å². The van der Waals surface area contributed by atoms with E-state index in [4.69, 9.17) is 4.74 Å². The van der Waals surface area contributed by atoms with Crippen LogP contribution >= 0.6 is 0 Å². The summed E-state index contributed by atoms with van der Waals surface area (Å²) in [4.78, 5) is 11.6. The van der Waals surface area contributed by atoms with Crippen LogP contribution in [0, 0.1) is 0 Å². The molecular formula is C12H14O2. The van der Waals surface area contributed by atoms with E-state index >= 15 is 0 Å². The third kappa shape index (κ3) is 1.95. The summed E-state index contributed by atoms with van der Waals surface area (Å²) in [5.41, 5.74) is 1.08. The fraction of sp³-hybridized carbons (Fsp3) is 0.417. The highest BCUT2D eigenvalue weighted by Crippen LogP contribution is 2.25. The third-order valence-electron chi connectivity index (χ3n) is 2.62. The molecule has 14 heavy (non-hydrogen) atoms. The van der Waals surface area contributed by atoms with E-state index in [1.54, 1.807) is 0 Å². The Morgan fingerprint density at radius 2 is 1.93 bits per heavy atom. The molecule has 1 atom stereocenters. The Labute approximate surface area is 83.9 Å². The van der Waals surface area contributed by atoms with Crippen molar-refractivity contribution in [2.75, 3.05) is 6.61 Å². The van der Waals surface area contributed by atoms with Gasteiger partial charge in [0.25, 0.3) is 0 Å². The minimum Gasteiger partial charge on any atom is -0.465 e. The second-order valence-corrected chi connectivity index (χ2v) is 3.63. The Morgan fingerprint density at radius 3 is 2.71 bits per heavy atom. The van der Waals surface area contributed by atoms with E-state index in [9.17, 15) is 4.79 Å². The number of rotatable bonds is 1. The molecule has 1 aliphatic heterocycles. The summed E-state index contributed by atoms with van der Waals surface area (Å²) in [6.45, 7) is 0.585. The van der Waals surface area contributed by atoms with Crippen molar-refractivity contribution in [3.63, 3.8) is 0 Å². The summed E-state index contributed by atoms with van der Waals surface area (Å²) in [6, 6.07) is 9.89. The van der Waals surface area contributed by atoms with Crippen molar-refractivity contribution < 1.29 is 9.53 Å². The number of hydrogen-bond acceptors (Lipinski definition) is 2. The molecule has 1 aliphatic rings. The SMILES string of the molecule is O=C1OCCCC[C@H]1c1ccccc1. The first-order chi connectivity index (χ1) is 6.88. The zero-order valence-electron chi connectivity index (χ0n) is 8.11. The van der Waals surface area contributed by atoms with Gasteiger partial charge in [0.2, 0.25) is 0 Å². The van der Waals surface area contributed by atoms with E-state index in [1.165, 1.54) is 0 Å². The van der Waals surface area contributed by atoms with Gasteiger partial charge in [-0.1, -0.05) is 30.3 Å². The number of carbonyl (C=O) groups is 1. The predicted molar refractivity (Wildman–Crippen MR) is 54.0 cm³/mol. The van der Waals surface area contributed by atoms with Crippen LogP contribution in [0.5, 0.6) is 0 Å². The minimum atomic E-state index is -0.0614. The first-order valence-corrected chi connectivity index (χ1v) is 5.09. The maximum absolute atomic E-state index is 11.6. The Hall–Kier alpha value is -1.31. The summed E-state index contributed by atoms with van der Waals surface area (Å²) in [6.07, 6.45) is 2.99. The summed E-state index contributed by atoms with van der Waals surface area (Å²) in [5, 5.41) is 0. The maximum Gasteiger partial charge on any atom is 0.313 e. The maximum atomic E-state index is 11.6. The van der Waals surface area contributed by atoms with Crippen molar-refractivity contribution in [2.45, 2.75) is 25.2 Å². The minimum absolute atomic E-state index is 0.0429. The Morgan fingerprint density at radius 1 is 1.14 bits per heavy atom. The fourth-order valence-corrected chi connectivity index (χ4v) is 1.83. The molecule has 2 nitrogen and oxygen atoms in total. The third-order valence-corrected chi connectivity index (χ3v) is 2.62. The van der Waals surface area contributed by atoms with Crippen molar-refractivity contribution in [2.24, 2.45) is 0 Å². The van der Waals surface area contributed by atoms with E-state index in [1.807, 2.05) is 30.3 Å². The van der Waals surface area contributed by atoms with Gasteiger partial charge in [-0.25, -0.2) is 0 Å². The summed E-state index contributed by atoms with van der Waals surface area (Å²) in [5.74, 6) is -0.104. The molecule has 0 N–H and O–H groups in total. The van der Waals surface area contributed by atoms with Gasteiger partial charge in [0, 0.05) is 0 Å². The topological polar surface area (TPSA) is 26.3 Å². The summed E-state index contributed by atoms with van der Waals surface area (Å²) >= 11 is 0. The highest BCUT2D eigenvalue weighted by atomic mass is 16.5. The van der Waals surface area contributed by atoms with Crippen LogP contribution in [0.1, 0.15) is 30.7 Å². The van der Waals surface area contributed by atoms with Crippen LogP contribution in [0.2, 0.25) is 0 Å². The van der Waals surface area contributed by atoms with Gasteiger partial charge in [0.1, 0.15) is 0 Å². The van der Waals surface area contributed by atoms with E-state index in [-0.39, 0.29) is 11.9 Å². The van der Waals surface area contributed by atoms with Gasteiger partial charge in [-0.3, -0.25) is 4.79 Å². The zero-order chi connectivity index (χ0) is 9.80. The van der Waals surface area contributed by atoms with Gasteiger partial charge in [0.05, 0.1) is 12.5 Å². The van der Waals surface area contributed by atoms with Crippen LogP contribution < -0.4 is 0 Å². The van der Waals surface area contributed by atoms with Gasteiger partial charge in [-0.15, -0.1) is 0 Å². The number of carbonyl (C=O) groups excluding carboxylic acids is 1. The number of esters is 1. The molecular weight excluding hydrogens is 176 g/mol. The van der Waals surface area contributed by atoms with Gasteiger partial charge >= 0.3 is 5.97 Å². The molecule has 1 heterocycles. The molecule has 0 aromatic heterocycles. The molecule has 74 valence electrons. The smallest absolute Gasteiger partial charge is 0.313 e. The molecule has 0 amide bonds. The molecule has 1 saturated heterocycles. The van der Waals surface area contributed by atoms with Gasteiger partial charge in [-0.2, -0.15) is 0 Å². The van der Waals surface area contributed by atoms with Crippen LogP contribution in [0.25, 0.3) is 0 Å². The first kappa shape index (κ1) is 9.25.